The van der Waals surface area contributed by atoms with Crippen LogP contribution >= 0.6 is 27.3 Å². The summed E-state index contributed by atoms with van der Waals surface area (Å²) < 4.78 is 14.3. The van der Waals surface area contributed by atoms with Crippen molar-refractivity contribution in [3.05, 3.63) is 50.4 Å². The molecule has 2 nitrogen and oxygen atoms in total. The monoisotopic (exact) mass is 324 g/mol. The molecule has 0 saturated heterocycles. The van der Waals surface area contributed by atoms with E-state index in [1.165, 1.54) is 17.0 Å². The van der Waals surface area contributed by atoms with E-state index in [2.05, 4.69) is 27.3 Å². The maximum Gasteiger partial charge on any atom is 0.126 e. The normalized spacial score (nSPS) is 10.1. The fourth-order valence-corrected chi connectivity index (χ4v) is 3.06. The Morgan fingerprint density at radius 1 is 1.33 bits per heavy atom. The fraction of sp³-hybridized carbons (Fsp3) is 0.154. The number of hydrogen-bond acceptors (Lipinski definition) is 3. The minimum atomic E-state index is -0.393. The Morgan fingerprint density at radius 2 is 2.17 bits per heavy atom. The van der Waals surface area contributed by atoms with E-state index in [0.717, 1.165) is 10.2 Å². The van der Waals surface area contributed by atoms with E-state index in [0.29, 0.717) is 17.8 Å². The van der Waals surface area contributed by atoms with Crippen LogP contribution in [-0.2, 0) is 6.42 Å². The molecule has 0 fully saturated rings. The highest BCUT2D eigenvalue weighted by Gasteiger charge is 2.01. The zero-order valence-electron chi connectivity index (χ0n) is 9.41. The maximum absolute atomic E-state index is 13.2. The summed E-state index contributed by atoms with van der Waals surface area (Å²) in [4.78, 5) is 1.26. The molecule has 92 valence electrons. The highest BCUT2D eigenvalue weighted by molar-refractivity contribution is 9.11. The smallest absolute Gasteiger partial charge is 0.126 e. The van der Waals surface area contributed by atoms with Crippen LogP contribution in [0.5, 0.6) is 0 Å². The second-order valence-electron chi connectivity index (χ2n) is 3.72. The van der Waals surface area contributed by atoms with Crippen LogP contribution in [0.1, 0.15) is 10.4 Å². The number of benzene rings is 1. The zero-order valence-corrected chi connectivity index (χ0v) is 11.8. The summed E-state index contributed by atoms with van der Waals surface area (Å²) >= 11 is 5.09. The second kappa shape index (κ2) is 5.98. The number of nitriles is 1. The van der Waals surface area contributed by atoms with E-state index < -0.39 is 5.82 Å². The number of halogens is 2. The van der Waals surface area contributed by atoms with E-state index in [4.69, 9.17) is 5.26 Å². The molecule has 1 N–H and O–H groups in total. The molecule has 0 radical (unpaired) electrons. The van der Waals surface area contributed by atoms with Crippen molar-refractivity contribution in [2.75, 3.05) is 11.9 Å². The molecule has 0 amide bonds. The van der Waals surface area contributed by atoms with Gasteiger partial charge in [0.25, 0.3) is 0 Å². The zero-order chi connectivity index (χ0) is 13.0. The second-order valence-corrected chi connectivity index (χ2v) is 6.27. The Bertz CT molecular complexity index is 589. The van der Waals surface area contributed by atoms with Crippen molar-refractivity contribution >= 4 is 33.0 Å². The van der Waals surface area contributed by atoms with Gasteiger partial charge in [-0.25, -0.2) is 4.39 Å². The number of nitrogens with one attached hydrogen (secondary N) is 1. The van der Waals surface area contributed by atoms with Crippen molar-refractivity contribution in [2.45, 2.75) is 6.42 Å². The van der Waals surface area contributed by atoms with Gasteiger partial charge in [-0.15, -0.1) is 11.3 Å². The molecule has 1 aromatic carbocycles. The third kappa shape index (κ3) is 3.56. The Kier molecular flexibility index (Phi) is 4.34. The van der Waals surface area contributed by atoms with E-state index in [1.54, 1.807) is 17.4 Å². The largest absolute Gasteiger partial charge is 0.385 e. The van der Waals surface area contributed by atoms with Crippen molar-refractivity contribution in [1.29, 1.82) is 5.26 Å². The van der Waals surface area contributed by atoms with Crippen molar-refractivity contribution in [3.63, 3.8) is 0 Å². The maximum atomic E-state index is 13.2. The van der Waals surface area contributed by atoms with E-state index in [-0.39, 0.29) is 0 Å². The molecular formula is C13H10BrFN2S. The lowest BCUT2D eigenvalue weighted by Crippen LogP contribution is -2.04. The van der Waals surface area contributed by atoms with Crippen LogP contribution in [0.15, 0.2) is 34.1 Å². The summed E-state index contributed by atoms with van der Waals surface area (Å²) in [6.45, 7) is 0.710. The van der Waals surface area contributed by atoms with Crippen LogP contribution in [0, 0.1) is 17.1 Å². The third-order valence-corrected chi connectivity index (χ3v) is 4.04. The van der Waals surface area contributed by atoms with E-state index in [1.807, 2.05) is 12.1 Å². The molecular weight excluding hydrogens is 315 g/mol. The van der Waals surface area contributed by atoms with Gasteiger partial charge >= 0.3 is 0 Å². The summed E-state index contributed by atoms with van der Waals surface area (Å²) in [6, 6.07) is 10.3. The van der Waals surface area contributed by atoms with Gasteiger partial charge in [-0.1, -0.05) is 0 Å². The Labute approximate surface area is 117 Å². The Hall–Kier alpha value is -1.38. The molecule has 0 aliphatic carbocycles. The number of anilines is 1. The van der Waals surface area contributed by atoms with Gasteiger partial charge in [0.05, 0.1) is 15.4 Å². The SMILES string of the molecule is N#Cc1cc(F)cc(NCCc2ccc(Br)s2)c1. The lowest BCUT2D eigenvalue weighted by Gasteiger charge is -2.06. The molecule has 0 unspecified atom stereocenters. The van der Waals surface area contributed by atoms with Gasteiger partial charge in [0.1, 0.15) is 5.82 Å². The van der Waals surface area contributed by atoms with Crippen molar-refractivity contribution in [1.82, 2.24) is 0 Å². The predicted molar refractivity (Wildman–Crippen MR) is 75.3 cm³/mol. The van der Waals surface area contributed by atoms with E-state index >= 15 is 0 Å². The third-order valence-electron chi connectivity index (χ3n) is 2.36. The molecule has 0 saturated carbocycles. The molecule has 0 atom stereocenters. The molecule has 0 aliphatic heterocycles. The first kappa shape index (κ1) is 13.1. The number of thiophene rings is 1. The quantitative estimate of drug-likeness (QED) is 0.915. The van der Waals surface area contributed by atoms with E-state index in [9.17, 15) is 4.39 Å². The van der Waals surface area contributed by atoms with Gasteiger partial charge in [0.15, 0.2) is 0 Å². The molecule has 2 rings (SSSR count). The van der Waals surface area contributed by atoms with Crippen molar-refractivity contribution in [3.8, 4) is 6.07 Å². The molecule has 0 bridgehead atoms. The highest BCUT2D eigenvalue weighted by Crippen LogP contribution is 2.22. The fourth-order valence-electron chi connectivity index (χ4n) is 1.57. The van der Waals surface area contributed by atoms with Crippen LogP contribution < -0.4 is 5.32 Å². The molecule has 18 heavy (non-hydrogen) atoms. The number of hydrogen-bond donors (Lipinski definition) is 1. The van der Waals surface area contributed by atoms with Gasteiger partial charge in [0, 0.05) is 17.1 Å². The first-order valence-electron chi connectivity index (χ1n) is 5.36. The summed E-state index contributed by atoms with van der Waals surface area (Å²) in [7, 11) is 0. The Balaban J connectivity index is 1.94. The molecule has 0 spiro atoms. The van der Waals surface area contributed by atoms with Crippen LogP contribution in [0.4, 0.5) is 10.1 Å². The molecule has 0 aliphatic rings. The summed E-state index contributed by atoms with van der Waals surface area (Å²) in [5.74, 6) is -0.393. The van der Waals surface area contributed by atoms with Gasteiger partial charge < -0.3 is 5.32 Å². The van der Waals surface area contributed by atoms with Gasteiger partial charge in [0.2, 0.25) is 0 Å². The number of nitrogens with zero attached hydrogens (tertiary/aromatic N) is 1. The predicted octanol–water partition coefficient (Wildman–Crippen LogP) is 4.18. The van der Waals surface area contributed by atoms with Crippen molar-refractivity contribution in [2.24, 2.45) is 0 Å². The van der Waals surface area contributed by atoms with Crippen LogP contribution in [0.2, 0.25) is 0 Å². The average Bonchev–Trinajstić information content (AvgIpc) is 2.74. The van der Waals surface area contributed by atoms with Crippen molar-refractivity contribution < 1.29 is 4.39 Å². The van der Waals surface area contributed by atoms with Gasteiger partial charge in [-0.05, 0) is 52.7 Å². The lowest BCUT2D eigenvalue weighted by atomic mass is 10.2. The lowest BCUT2D eigenvalue weighted by molar-refractivity contribution is 0.627. The first-order valence-corrected chi connectivity index (χ1v) is 6.97. The van der Waals surface area contributed by atoms with Gasteiger partial charge in [-0.3, -0.25) is 0 Å². The van der Waals surface area contributed by atoms with Crippen LogP contribution in [-0.4, -0.2) is 6.54 Å². The minimum absolute atomic E-state index is 0.330. The topological polar surface area (TPSA) is 35.8 Å². The Morgan fingerprint density at radius 3 is 2.83 bits per heavy atom. The van der Waals surface area contributed by atoms with Crippen LogP contribution in [0.25, 0.3) is 0 Å². The summed E-state index contributed by atoms with van der Waals surface area (Å²) in [6.07, 6.45) is 0.870. The molecule has 5 heteroatoms. The van der Waals surface area contributed by atoms with Crippen LogP contribution in [0.3, 0.4) is 0 Å². The molecule has 2 aromatic rings. The molecule has 1 heterocycles. The van der Waals surface area contributed by atoms with Gasteiger partial charge in [-0.2, -0.15) is 5.26 Å². The minimum Gasteiger partial charge on any atom is -0.385 e. The average molecular weight is 325 g/mol. The summed E-state index contributed by atoms with van der Waals surface area (Å²) in [5.41, 5.74) is 0.971. The highest BCUT2D eigenvalue weighted by atomic mass is 79.9. The summed E-state index contributed by atoms with van der Waals surface area (Å²) in [5, 5.41) is 11.9. The molecule has 1 aromatic heterocycles. The first-order chi connectivity index (χ1) is 8.67. The standard InChI is InChI=1S/C13H10BrFN2S/c14-13-2-1-12(18-13)3-4-17-11-6-9(8-16)5-10(15)7-11/h1-2,5-7,17H,3-4H2. The number of rotatable bonds is 4.